The van der Waals surface area contributed by atoms with Gasteiger partial charge in [0.05, 0.1) is 11.9 Å². The first-order valence-corrected chi connectivity index (χ1v) is 6.54. The summed E-state index contributed by atoms with van der Waals surface area (Å²) in [7, 11) is 2.17. The Hall–Kier alpha value is -1.09. The van der Waals surface area contributed by atoms with Crippen molar-refractivity contribution >= 4 is 5.69 Å². The fourth-order valence-corrected chi connectivity index (χ4v) is 2.01. The molecule has 3 heteroatoms. The standard InChI is InChI=1S/C14H23N3/c1-11(2)16-8-13-6-7-15-9-14(13)17(3)10-12-4-5-12/h6-7,9,11-12,16H,4-5,8,10H2,1-3H3. The second-order valence-corrected chi connectivity index (χ2v) is 5.36. The van der Waals surface area contributed by atoms with Gasteiger partial charge < -0.3 is 10.2 Å². The molecule has 1 aromatic rings. The molecule has 0 spiro atoms. The molecule has 1 aliphatic rings. The summed E-state index contributed by atoms with van der Waals surface area (Å²) in [6.45, 7) is 6.44. The minimum absolute atomic E-state index is 0.518. The van der Waals surface area contributed by atoms with Gasteiger partial charge in [-0.2, -0.15) is 0 Å². The normalized spacial score (nSPS) is 15.3. The highest BCUT2D eigenvalue weighted by Gasteiger charge is 2.23. The Bertz CT molecular complexity index is 358. The van der Waals surface area contributed by atoms with Crippen molar-refractivity contribution in [3.8, 4) is 0 Å². The fourth-order valence-electron chi connectivity index (χ4n) is 2.01. The van der Waals surface area contributed by atoms with Crippen LogP contribution in [0.25, 0.3) is 0 Å². The van der Waals surface area contributed by atoms with Gasteiger partial charge in [0, 0.05) is 32.4 Å². The summed E-state index contributed by atoms with van der Waals surface area (Å²) in [5.41, 5.74) is 2.62. The molecule has 17 heavy (non-hydrogen) atoms. The average Bonchev–Trinajstić information content (AvgIpc) is 3.10. The minimum atomic E-state index is 0.518. The topological polar surface area (TPSA) is 28.2 Å². The van der Waals surface area contributed by atoms with E-state index in [1.807, 2.05) is 12.4 Å². The van der Waals surface area contributed by atoms with Gasteiger partial charge in [0.25, 0.3) is 0 Å². The number of nitrogens with zero attached hydrogens (tertiary/aromatic N) is 2. The molecule has 0 atom stereocenters. The summed E-state index contributed by atoms with van der Waals surface area (Å²) in [5.74, 6) is 0.908. The van der Waals surface area contributed by atoms with E-state index in [1.165, 1.54) is 30.6 Å². The summed E-state index contributed by atoms with van der Waals surface area (Å²) in [6, 6.07) is 2.64. The van der Waals surface area contributed by atoms with Gasteiger partial charge in [0.1, 0.15) is 0 Å². The van der Waals surface area contributed by atoms with Gasteiger partial charge in [0.2, 0.25) is 0 Å². The highest BCUT2D eigenvalue weighted by molar-refractivity contribution is 5.51. The molecule has 1 heterocycles. The number of hydrogen-bond acceptors (Lipinski definition) is 3. The Kier molecular flexibility index (Phi) is 4.00. The molecule has 1 aliphatic carbocycles. The Morgan fingerprint density at radius 1 is 1.47 bits per heavy atom. The highest BCUT2D eigenvalue weighted by atomic mass is 15.1. The minimum Gasteiger partial charge on any atom is -0.373 e. The van der Waals surface area contributed by atoms with Crippen molar-refractivity contribution in [3.63, 3.8) is 0 Å². The zero-order valence-electron chi connectivity index (χ0n) is 11.1. The van der Waals surface area contributed by atoms with E-state index < -0.39 is 0 Å². The fraction of sp³-hybridized carbons (Fsp3) is 0.643. The van der Waals surface area contributed by atoms with Gasteiger partial charge in [-0.3, -0.25) is 4.98 Å². The van der Waals surface area contributed by atoms with Crippen molar-refractivity contribution in [1.29, 1.82) is 0 Å². The van der Waals surface area contributed by atoms with Gasteiger partial charge in [-0.15, -0.1) is 0 Å². The second kappa shape index (κ2) is 5.50. The maximum absolute atomic E-state index is 4.25. The number of anilines is 1. The van der Waals surface area contributed by atoms with E-state index in [2.05, 4.69) is 42.2 Å². The highest BCUT2D eigenvalue weighted by Crippen LogP contribution is 2.31. The van der Waals surface area contributed by atoms with E-state index in [0.29, 0.717) is 6.04 Å². The summed E-state index contributed by atoms with van der Waals surface area (Å²) in [6.07, 6.45) is 6.65. The van der Waals surface area contributed by atoms with Crippen LogP contribution in [-0.4, -0.2) is 24.6 Å². The average molecular weight is 233 g/mol. The lowest BCUT2D eigenvalue weighted by molar-refractivity contribution is 0.587. The lowest BCUT2D eigenvalue weighted by Gasteiger charge is -2.22. The molecule has 0 saturated heterocycles. The van der Waals surface area contributed by atoms with Crippen LogP contribution >= 0.6 is 0 Å². The third-order valence-electron chi connectivity index (χ3n) is 3.23. The van der Waals surface area contributed by atoms with Crippen molar-refractivity contribution in [2.75, 3.05) is 18.5 Å². The first-order valence-electron chi connectivity index (χ1n) is 6.54. The first kappa shape index (κ1) is 12.4. The van der Waals surface area contributed by atoms with Gasteiger partial charge in [-0.05, 0) is 30.4 Å². The molecule has 0 unspecified atom stereocenters. The number of pyridine rings is 1. The van der Waals surface area contributed by atoms with Gasteiger partial charge in [0.15, 0.2) is 0 Å². The number of nitrogens with one attached hydrogen (secondary N) is 1. The summed E-state index contributed by atoms with van der Waals surface area (Å²) in [5, 5.41) is 3.47. The molecule has 1 fully saturated rings. The quantitative estimate of drug-likeness (QED) is 0.818. The van der Waals surface area contributed by atoms with Crippen LogP contribution < -0.4 is 10.2 Å². The smallest absolute Gasteiger partial charge is 0.0595 e. The van der Waals surface area contributed by atoms with E-state index in [-0.39, 0.29) is 0 Å². The third-order valence-corrected chi connectivity index (χ3v) is 3.23. The first-order chi connectivity index (χ1) is 8.16. The summed E-state index contributed by atoms with van der Waals surface area (Å²) in [4.78, 5) is 6.60. The predicted octanol–water partition coefficient (Wildman–Crippen LogP) is 2.43. The molecule has 3 nitrogen and oxygen atoms in total. The van der Waals surface area contributed by atoms with Gasteiger partial charge in [-0.1, -0.05) is 13.8 Å². The lowest BCUT2D eigenvalue weighted by Crippen LogP contribution is -2.26. The van der Waals surface area contributed by atoms with Crippen molar-refractivity contribution in [3.05, 3.63) is 24.0 Å². The molecule has 1 saturated carbocycles. The Labute approximate surface area is 104 Å². The summed E-state index contributed by atoms with van der Waals surface area (Å²) >= 11 is 0. The number of rotatable bonds is 6. The maximum atomic E-state index is 4.25. The molecule has 0 aromatic carbocycles. The van der Waals surface area contributed by atoms with E-state index in [4.69, 9.17) is 0 Å². The molecular formula is C14H23N3. The van der Waals surface area contributed by atoms with Crippen LogP contribution in [0, 0.1) is 5.92 Å². The predicted molar refractivity (Wildman–Crippen MR) is 72.2 cm³/mol. The van der Waals surface area contributed by atoms with Crippen LogP contribution in [0.4, 0.5) is 5.69 Å². The van der Waals surface area contributed by atoms with Crippen LogP contribution in [0.3, 0.4) is 0 Å². The Morgan fingerprint density at radius 2 is 2.24 bits per heavy atom. The molecule has 0 amide bonds. The van der Waals surface area contributed by atoms with Gasteiger partial charge >= 0.3 is 0 Å². The van der Waals surface area contributed by atoms with Crippen LogP contribution in [-0.2, 0) is 6.54 Å². The zero-order chi connectivity index (χ0) is 12.3. The molecule has 1 aromatic heterocycles. The maximum Gasteiger partial charge on any atom is 0.0595 e. The van der Waals surface area contributed by atoms with Crippen LogP contribution in [0.5, 0.6) is 0 Å². The van der Waals surface area contributed by atoms with E-state index in [0.717, 1.165) is 12.5 Å². The van der Waals surface area contributed by atoms with Crippen molar-refractivity contribution in [1.82, 2.24) is 10.3 Å². The van der Waals surface area contributed by atoms with E-state index >= 15 is 0 Å². The molecule has 1 N–H and O–H groups in total. The largest absolute Gasteiger partial charge is 0.373 e. The van der Waals surface area contributed by atoms with Crippen LogP contribution in [0.15, 0.2) is 18.5 Å². The van der Waals surface area contributed by atoms with E-state index in [1.54, 1.807) is 0 Å². The Balaban J connectivity index is 2.02. The van der Waals surface area contributed by atoms with Gasteiger partial charge in [-0.25, -0.2) is 0 Å². The molecule has 2 rings (SSSR count). The lowest BCUT2D eigenvalue weighted by atomic mass is 10.2. The second-order valence-electron chi connectivity index (χ2n) is 5.36. The van der Waals surface area contributed by atoms with E-state index in [9.17, 15) is 0 Å². The third kappa shape index (κ3) is 3.70. The van der Waals surface area contributed by atoms with Crippen LogP contribution in [0.2, 0.25) is 0 Å². The zero-order valence-corrected chi connectivity index (χ0v) is 11.1. The Morgan fingerprint density at radius 3 is 2.88 bits per heavy atom. The molecular weight excluding hydrogens is 210 g/mol. The SMILES string of the molecule is CC(C)NCc1ccncc1N(C)CC1CC1. The van der Waals surface area contributed by atoms with Crippen LogP contribution in [0.1, 0.15) is 32.3 Å². The molecule has 0 aliphatic heterocycles. The molecule has 0 bridgehead atoms. The number of hydrogen-bond donors (Lipinski definition) is 1. The summed E-state index contributed by atoms with van der Waals surface area (Å²) < 4.78 is 0. The number of aromatic nitrogens is 1. The van der Waals surface area contributed by atoms with Crippen molar-refractivity contribution in [2.45, 2.75) is 39.3 Å². The monoisotopic (exact) mass is 233 g/mol. The molecule has 94 valence electrons. The molecule has 0 radical (unpaired) electrons. The van der Waals surface area contributed by atoms with Crippen molar-refractivity contribution in [2.24, 2.45) is 5.92 Å². The van der Waals surface area contributed by atoms with Crippen molar-refractivity contribution < 1.29 is 0 Å².